The van der Waals surface area contributed by atoms with Gasteiger partial charge in [-0.1, -0.05) is 6.42 Å². The van der Waals surface area contributed by atoms with Crippen LogP contribution in [0.25, 0.3) is 0 Å². The van der Waals surface area contributed by atoms with Crippen LogP contribution in [0.15, 0.2) is 0 Å². The number of nitrogens with one attached hydrogen (secondary N) is 1. The molecule has 1 atom stereocenters. The van der Waals surface area contributed by atoms with Gasteiger partial charge in [0.05, 0.1) is 6.10 Å². The van der Waals surface area contributed by atoms with Crippen molar-refractivity contribution in [3.63, 3.8) is 0 Å². The van der Waals surface area contributed by atoms with Crippen molar-refractivity contribution < 1.29 is 5.11 Å². The lowest BCUT2D eigenvalue weighted by molar-refractivity contribution is 0.191. The summed E-state index contributed by atoms with van der Waals surface area (Å²) in [4.78, 5) is 0. The molecule has 2 nitrogen and oxygen atoms in total. The summed E-state index contributed by atoms with van der Waals surface area (Å²) in [6, 6.07) is 0. The minimum atomic E-state index is -0.212. The predicted octanol–water partition coefficient (Wildman–Crippen LogP) is 1.49. The number of thioether (sulfide) groups is 1. The summed E-state index contributed by atoms with van der Waals surface area (Å²) < 4.78 is 0. The van der Waals surface area contributed by atoms with Gasteiger partial charge in [0.2, 0.25) is 0 Å². The van der Waals surface area contributed by atoms with Crippen LogP contribution < -0.4 is 5.32 Å². The van der Waals surface area contributed by atoms with Crippen molar-refractivity contribution in [2.75, 3.05) is 25.1 Å². The molecule has 2 N–H and O–H groups in total. The first-order chi connectivity index (χ1) is 5.77. The Morgan fingerprint density at radius 2 is 2.08 bits per heavy atom. The molecular formula is C9H21NOS. The van der Waals surface area contributed by atoms with Gasteiger partial charge in [0.15, 0.2) is 0 Å². The molecule has 0 aliphatic rings. The molecule has 0 fully saturated rings. The van der Waals surface area contributed by atoms with Gasteiger partial charge in [0, 0.05) is 6.54 Å². The molecule has 0 spiro atoms. The van der Waals surface area contributed by atoms with Gasteiger partial charge in [-0.15, -0.1) is 0 Å². The smallest absolute Gasteiger partial charge is 0.0636 e. The zero-order valence-electron chi connectivity index (χ0n) is 8.18. The molecule has 3 heteroatoms. The highest BCUT2D eigenvalue weighted by atomic mass is 32.2. The number of rotatable bonds is 8. The molecular weight excluding hydrogens is 170 g/mol. The van der Waals surface area contributed by atoms with Crippen molar-refractivity contribution in [3.05, 3.63) is 0 Å². The summed E-state index contributed by atoms with van der Waals surface area (Å²) in [7, 11) is 0. The van der Waals surface area contributed by atoms with E-state index in [9.17, 15) is 0 Å². The van der Waals surface area contributed by atoms with Gasteiger partial charge in [-0.25, -0.2) is 0 Å². The Kier molecular flexibility index (Phi) is 9.57. The number of hydrogen-bond acceptors (Lipinski definition) is 3. The van der Waals surface area contributed by atoms with Crippen molar-refractivity contribution in [2.45, 2.75) is 32.3 Å². The van der Waals surface area contributed by atoms with Gasteiger partial charge in [0.1, 0.15) is 0 Å². The van der Waals surface area contributed by atoms with Crippen LogP contribution in [0.4, 0.5) is 0 Å². The Bertz CT molecular complexity index is 88.6. The third-order valence-electron chi connectivity index (χ3n) is 1.64. The summed E-state index contributed by atoms with van der Waals surface area (Å²) >= 11 is 1.91. The Hall–Kier alpha value is 0.270. The molecule has 74 valence electrons. The van der Waals surface area contributed by atoms with Crippen molar-refractivity contribution in [2.24, 2.45) is 0 Å². The molecule has 0 rings (SSSR count). The molecule has 0 aromatic rings. The van der Waals surface area contributed by atoms with Crippen LogP contribution in [0.3, 0.4) is 0 Å². The van der Waals surface area contributed by atoms with Crippen LogP contribution in [-0.2, 0) is 0 Å². The highest BCUT2D eigenvalue weighted by Crippen LogP contribution is 2.00. The van der Waals surface area contributed by atoms with E-state index >= 15 is 0 Å². The van der Waals surface area contributed by atoms with Crippen LogP contribution in [-0.4, -0.2) is 36.3 Å². The summed E-state index contributed by atoms with van der Waals surface area (Å²) in [5, 5.41) is 12.1. The minimum absolute atomic E-state index is 0.212. The lowest BCUT2D eigenvalue weighted by atomic mass is 10.2. The lowest BCUT2D eigenvalue weighted by Gasteiger charge is -2.05. The average molecular weight is 191 g/mol. The summed E-state index contributed by atoms with van der Waals surface area (Å²) in [6.07, 6.45) is 5.78. The van der Waals surface area contributed by atoms with E-state index in [4.69, 9.17) is 5.11 Å². The molecule has 0 heterocycles. The normalized spacial score (nSPS) is 13.2. The first-order valence-electron chi connectivity index (χ1n) is 4.65. The van der Waals surface area contributed by atoms with Crippen molar-refractivity contribution in [3.8, 4) is 0 Å². The molecule has 0 amide bonds. The summed E-state index contributed by atoms with van der Waals surface area (Å²) in [5.41, 5.74) is 0. The second-order valence-corrected chi connectivity index (χ2v) is 4.09. The molecule has 0 aliphatic heterocycles. The standard InChI is InChI=1S/C9H21NOS/c1-9(11)8-10-6-4-3-5-7-12-2/h9-11H,3-8H2,1-2H3/t9-/m1/s1. The van der Waals surface area contributed by atoms with Gasteiger partial charge < -0.3 is 10.4 Å². The fourth-order valence-electron chi connectivity index (χ4n) is 0.984. The highest BCUT2D eigenvalue weighted by molar-refractivity contribution is 7.98. The number of aliphatic hydroxyl groups is 1. The summed E-state index contributed by atoms with van der Waals surface area (Å²) in [6.45, 7) is 3.57. The second kappa shape index (κ2) is 9.36. The maximum absolute atomic E-state index is 8.93. The Labute approximate surface area is 80.1 Å². The third kappa shape index (κ3) is 10.3. The van der Waals surface area contributed by atoms with Crippen LogP contribution in [0.5, 0.6) is 0 Å². The fraction of sp³-hybridized carbons (Fsp3) is 1.00. The second-order valence-electron chi connectivity index (χ2n) is 3.11. The van der Waals surface area contributed by atoms with Crippen molar-refractivity contribution >= 4 is 11.8 Å². The topological polar surface area (TPSA) is 32.3 Å². The van der Waals surface area contributed by atoms with E-state index in [1.807, 2.05) is 11.8 Å². The van der Waals surface area contributed by atoms with Crippen LogP contribution >= 0.6 is 11.8 Å². The number of hydrogen-bond donors (Lipinski definition) is 2. The quantitative estimate of drug-likeness (QED) is 0.570. The zero-order valence-corrected chi connectivity index (χ0v) is 8.99. The Balaban J connectivity index is 2.82. The van der Waals surface area contributed by atoms with Crippen molar-refractivity contribution in [1.82, 2.24) is 5.32 Å². The van der Waals surface area contributed by atoms with Crippen LogP contribution in [0.2, 0.25) is 0 Å². The molecule has 0 saturated carbocycles. The van der Waals surface area contributed by atoms with Gasteiger partial charge in [-0.05, 0) is 38.3 Å². The zero-order chi connectivity index (χ0) is 9.23. The lowest BCUT2D eigenvalue weighted by Crippen LogP contribution is -2.25. The molecule has 0 unspecified atom stereocenters. The number of unbranched alkanes of at least 4 members (excludes halogenated alkanes) is 2. The molecule has 0 aliphatic carbocycles. The molecule has 0 aromatic carbocycles. The molecule has 12 heavy (non-hydrogen) atoms. The number of aliphatic hydroxyl groups excluding tert-OH is 1. The minimum Gasteiger partial charge on any atom is -0.392 e. The molecule has 0 bridgehead atoms. The Morgan fingerprint density at radius 3 is 2.67 bits per heavy atom. The fourth-order valence-corrected chi connectivity index (χ4v) is 1.48. The maximum Gasteiger partial charge on any atom is 0.0636 e. The van der Waals surface area contributed by atoms with E-state index < -0.39 is 0 Å². The van der Waals surface area contributed by atoms with E-state index in [1.54, 1.807) is 6.92 Å². The van der Waals surface area contributed by atoms with E-state index in [0.29, 0.717) is 0 Å². The first kappa shape index (κ1) is 12.3. The third-order valence-corrected chi connectivity index (χ3v) is 2.34. The SMILES string of the molecule is CSCCCCCNC[C@@H](C)O. The first-order valence-corrected chi connectivity index (χ1v) is 6.04. The van der Waals surface area contributed by atoms with Crippen molar-refractivity contribution in [1.29, 1.82) is 0 Å². The van der Waals surface area contributed by atoms with E-state index in [2.05, 4.69) is 11.6 Å². The predicted molar refractivity (Wildman–Crippen MR) is 56.8 cm³/mol. The maximum atomic E-state index is 8.93. The molecule has 0 saturated heterocycles. The van der Waals surface area contributed by atoms with Gasteiger partial charge in [-0.2, -0.15) is 11.8 Å². The summed E-state index contributed by atoms with van der Waals surface area (Å²) in [5.74, 6) is 1.27. The van der Waals surface area contributed by atoms with Gasteiger partial charge >= 0.3 is 0 Å². The van der Waals surface area contributed by atoms with Crippen LogP contribution in [0.1, 0.15) is 26.2 Å². The van der Waals surface area contributed by atoms with Gasteiger partial charge in [-0.3, -0.25) is 0 Å². The van der Waals surface area contributed by atoms with E-state index in [0.717, 1.165) is 13.1 Å². The van der Waals surface area contributed by atoms with E-state index in [1.165, 1.54) is 25.0 Å². The highest BCUT2D eigenvalue weighted by Gasteiger charge is 1.93. The largest absolute Gasteiger partial charge is 0.392 e. The average Bonchev–Trinajstić information content (AvgIpc) is 2.02. The Morgan fingerprint density at radius 1 is 1.33 bits per heavy atom. The molecule has 0 aromatic heterocycles. The monoisotopic (exact) mass is 191 g/mol. The van der Waals surface area contributed by atoms with Crippen LogP contribution in [0, 0.1) is 0 Å². The van der Waals surface area contributed by atoms with E-state index in [-0.39, 0.29) is 6.10 Å². The molecule has 0 radical (unpaired) electrons. The van der Waals surface area contributed by atoms with Gasteiger partial charge in [0.25, 0.3) is 0 Å².